The van der Waals surface area contributed by atoms with Gasteiger partial charge in [0.1, 0.15) is 0 Å². The molecular formula is C13H17ClN2O. The molecule has 0 bridgehead atoms. The highest BCUT2D eigenvalue weighted by Crippen LogP contribution is 2.44. The van der Waals surface area contributed by atoms with Crippen LogP contribution in [0.3, 0.4) is 0 Å². The van der Waals surface area contributed by atoms with E-state index in [0.29, 0.717) is 13.1 Å². The number of halogens is 1. The van der Waals surface area contributed by atoms with E-state index in [-0.39, 0.29) is 11.3 Å². The molecule has 2 rings (SSSR count). The molecule has 0 radical (unpaired) electrons. The van der Waals surface area contributed by atoms with Crippen LogP contribution in [-0.2, 0) is 11.2 Å². The SMILES string of the molecule is NCC1(C(=O)NCCc2ccc(Cl)cc2)CC1. The second-order valence-corrected chi connectivity index (χ2v) is 5.05. The van der Waals surface area contributed by atoms with Gasteiger partial charge in [0.25, 0.3) is 0 Å². The normalized spacial score (nSPS) is 16.6. The van der Waals surface area contributed by atoms with Crippen molar-refractivity contribution in [2.24, 2.45) is 11.1 Å². The fraction of sp³-hybridized carbons (Fsp3) is 0.462. The average Bonchev–Trinajstić information content (AvgIpc) is 3.12. The van der Waals surface area contributed by atoms with Crippen molar-refractivity contribution in [1.29, 1.82) is 0 Å². The van der Waals surface area contributed by atoms with Gasteiger partial charge in [0.2, 0.25) is 5.91 Å². The Hall–Kier alpha value is -1.06. The van der Waals surface area contributed by atoms with E-state index in [1.807, 2.05) is 24.3 Å². The molecule has 0 aromatic heterocycles. The summed E-state index contributed by atoms with van der Waals surface area (Å²) in [5, 5.41) is 3.68. The third-order valence-corrected chi connectivity index (χ3v) is 3.59. The maximum atomic E-state index is 11.8. The van der Waals surface area contributed by atoms with Gasteiger partial charge in [-0.1, -0.05) is 23.7 Å². The first-order chi connectivity index (χ1) is 8.16. The summed E-state index contributed by atoms with van der Waals surface area (Å²) in [7, 11) is 0. The molecule has 3 N–H and O–H groups in total. The molecule has 1 aliphatic rings. The molecule has 0 saturated heterocycles. The molecular weight excluding hydrogens is 236 g/mol. The van der Waals surface area contributed by atoms with Crippen molar-refractivity contribution < 1.29 is 4.79 Å². The van der Waals surface area contributed by atoms with Crippen LogP contribution in [0.5, 0.6) is 0 Å². The van der Waals surface area contributed by atoms with Gasteiger partial charge in [-0.2, -0.15) is 0 Å². The van der Waals surface area contributed by atoms with Crippen LogP contribution >= 0.6 is 11.6 Å². The van der Waals surface area contributed by atoms with Crippen molar-refractivity contribution in [3.8, 4) is 0 Å². The predicted octanol–water partition coefficient (Wildman–Crippen LogP) is 1.74. The average molecular weight is 253 g/mol. The second-order valence-electron chi connectivity index (χ2n) is 4.62. The summed E-state index contributed by atoms with van der Waals surface area (Å²) in [5.74, 6) is 0.106. The number of benzene rings is 1. The molecule has 1 aliphatic carbocycles. The molecule has 17 heavy (non-hydrogen) atoms. The fourth-order valence-corrected chi connectivity index (χ4v) is 1.96. The van der Waals surface area contributed by atoms with Crippen LogP contribution in [0.25, 0.3) is 0 Å². The van der Waals surface area contributed by atoms with E-state index >= 15 is 0 Å². The molecule has 0 aliphatic heterocycles. The topological polar surface area (TPSA) is 55.1 Å². The minimum Gasteiger partial charge on any atom is -0.355 e. The van der Waals surface area contributed by atoms with Gasteiger partial charge >= 0.3 is 0 Å². The highest BCUT2D eigenvalue weighted by atomic mass is 35.5. The van der Waals surface area contributed by atoms with Crippen molar-refractivity contribution in [2.45, 2.75) is 19.3 Å². The van der Waals surface area contributed by atoms with E-state index < -0.39 is 0 Å². The molecule has 1 saturated carbocycles. The third-order valence-electron chi connectivity index (χ3n) is 3.34. The Labute approximate surface area is 106 Å². The van der Waals surface area contributed by atoms with Crippen LogP contribution < -0.4 is 11.1 Å². The molecule has 0 spiro atoms. The molecule has 0 heterocycles. The van der Waals surface area contributed by atoms with Gasteiger partial charge in [0, 0.05) is 18.1 Å². The highest BCUT2D eigenvalue weighted by Gasteiger charge is 2.48. The molecule has 1 aromatic carbocycles. The minimum atomic E-state index is -0.250. The molecule has 4 heteroatoms. The van der Waals surface area contributed by atoms with E-state index in [1.54, 1.807) is 0 Å². The van der Waals surface area contributed by atoms with Gasteiger partial charge in [0.15, 0.2) is 0 Å². The van der Waals surface area contributed by atoms with Gasteiger partial charge < -0.3 is 11.1 Å². The highest BCUT2D eigenvalue weighted by molar-refractivity contribution is 6.30. The molecule has 92 valence electrons. The van der Waals surface area contributed by atoms with Crippen molar-refractivity contribution >= 4 is 17.5 Å². The van der Waals surface area contributed by atoms with Gasteiger partial charge in [-0.15, -0.1) is 0 Å². The van der Waals surface area contributed by atoms with Crippen molar-refractivity contribution in [2.75, 3.05) is 13.1 Å². The van der Waals surface area contributed by atoms with Crippen LogP contribution in [0.1, 0.15) is 18.4 Å². The van der Waals surface area contributed by atoms with Gasteiger partial charge in [-0.05, 0) is 37.0 Å². The summed E-state index contributed by atoms with van der Waals surface area (Å²) in [4.78, 5) is 11.8. The standard InChI is InChI=1S/C13H17ClN2O/c14-11-3-1-10(2-4-11)5-8-16-12(17)13(9-15)6-7-13/h1-4H,5-9,15H2,(H,16,17). The zero-order valence-electron chi connectivity index (χ0n) is 9.71. The summed E-state index contributed by atoms with van der Waals surface area (Å²) in [6, 6.07) is 7.68. The van der Waals surface area contributed by atoms with Crippen LogP contribution in [-0.4, -0.2) is 19.0 Å². The smallest absolute Gasteiger partial charge is 0.227 e. The lowest BCUT2D eigenvalue weighted by atomic mass is 10.1. The van der Waals surface area contributed by atoms with Gasteiger partial charge in [-0.25, -0.2) is 0 Å². The largest absolute Gasteiger partial charge is 0.355 e. The lowest BCUT2D eigenvalue weighted by Crippen LogP contribution is -2.37. The molecule has 1 amide bonds. The zero-order chi connectivity index (χ0) is 12.3. The Balaban J connectivity index is 1.76. The number of rotatable bonds is 5. The van der Waals surface area contributed by atoms with Crippen molar-refractivity contribution in [3.63, 3.8) is 0 Å². The number of carbonyl (C=O) groups is 1. The van der Waals surface area contributed by atoms with E-state index in [2.05, 4.69) is 5.32 Å². The van der Waals surface area contributed by atoms with Gasteiger partial charge in [-0.3, -0.25) is 4.79 Å². The minimum absolute atomic E-state index is 0.106. The number of nitrogens with one attached hydrogen (secondary N) is 1. The Bertz CT molecular complexity index is 398. The van der Waals surface area contributed by atoms with E-state index in [4.69, 9.17) is 17.3 Å². The molecule has 0 atom stereocenters. The third kappa shape index (κ3) is 2.99. The summed E-state index contributed by atoms with van der Waals surface area (Å²) in [6.07, 6.45) is 2.68. The molecule has 1 fully saturated rings. The van der Waals surface area contributed by atoms with E-state index in [0.717, 1.165) is 24.3 Å². The Kier molecular flexibility index (Phi) is 3.69. The quantitative estimate of drug-likeness (QED) is 0.839. The summed E-state index contributed by atoms with van der Waals surface area (Å²) in [6.45, 7) is 1.11. The zero-order valence-corrected chi connectivity index (χ0v) is 10.5. The predicted molar refractivity (Wildman–Crippen MR) is 68.9 cm³/mol. The Morgan fingerprint density at radius 3 is 2.53 bits per heavy atom. The monoisotopic (exact) mass is 252 g/mol. The lowest BCUT2D eigenvalue weighted by Gasteiger charge is -2.12. The first-order valence-electron chi connectivity index (χ1n) is 5.89. The summed E-state index contributed by atoms with van der Waals surface area (Å²) >= 11 is 5.80. The van der Waals surface area contributed by atoms with Crippen molar-refractivity contribution in [1.82, 2.24) is 5.32 Å². The second kappa shape index (κ2) is 5.07. The van der Waals surface area contributed by atoms with E-state index in [9.17, 15) is 4.79 Å². The van der Waals surface area contributed by atoms with Crippen LogP contribution in [0.4, 0.5) is 0 Å². The van der Waals surface area contributed by atoms with Crippen molar-refractivity contribution in [3.05, 3.63) is 34.9 Å². The lowest BCUT2D eigenvalue weighted by molar-refractivity contribution is -0.125. The van der Waals surface area contributed by atoms with Crippen LogP contribution in [0, 0.1) is 5.41 Å². The molecule has 1 aromatic rings. The Morgan fingerprint density at radius 2 is 2.00 bits per heavy atom. The number of nitrogens with two attached hydrogens (primary N) is 1. The maximum Gasteiger partial charge on any atom is 0.227 e. The van der Waals surface area contributed by atoms with Crippen LogP contribution in [0.15, 0.2) is 24.3 Å². The Morgan fingerprint density at radius 1 is 1.35 bits per heavy atom. The molecule has 0 unspecified atom stereocenters. The van der Waals surface area contributed by atoms with Gasteiger partial charge in [0.05, 0.1) is 5.41 Å². The number of hydrogen-bond donors (Lipinski definition) is 2. The number of carbonyl (C=O) groups excluding carboxylic acids is 1. The summed E-state index contributed by atoms with van der Waals surface area (Å²) < 4.78 is 0. The number of amides is 1. The first kappa shape index (κ1) is 12.4. The maximum absolute atomic E-state index is 11.8. The first-order valence-corrected chi connectivity index (χ1v) is 6.27. The number of hydrogen-bond acceptors (Lipinski definition) is 2. The molecule has 3 nitrogen and oxygen atoms in total. The fourth-order valence-electron chi connectivity index (χ4n) is 1.83. The van der Waals surface area contributed by atoms with E-state index in [1.165, 1.54) is 5.56 Å². The van der Waals surface area contributed by atoms with Crippen LogP contribution in [0.2, 0.25) is 5.02 Å². The summed E-state index contributed by atoms with van der Waals surface area (Å²) in [5.41, 5.74) is 6.52.